The van der Waals surface area contributed by atoms with Gasteiger partial charge in [-0.3, -0.25) is 4.79 Å². The standard InChI is InChI=1S/C15H22O3.C14H18O2/c1-15(16,8-7-14-12-18-14)9-10-17-11-13-5-3-2-4-6-13;1-2-3-9-14(15)10-11-16-12-13-7-5-4-6-8-13/h2-6,14,16H,7-12H2,1H3;2,4-8H,1,3,9-12H2. The number of epoxide rings is 1. The first-order chi connectivity index (χ1) is 16.5. The minimum Gasteiger partial charge on any atom is -0.390 e. The van der Waals surface area contributed by atoms with Gasteiger partial charge in [-0.15, -0.1) is 6.58 Å². The van der Waals surface area contributed by atoms with Crippen molar-refractivity contribution in [3.63, 3.8) is 0 Å². The third-order valence-electron chi connectivity index (χ3n) is 5.57. The molecule has 1 saturated heterocycles. The van der Waals surface area contributed by atoms with Gasteiger partial charge in [0.15, 0.2) is 0 Å². The summed E-state index contributed by atoms with van der Waals surface area (Å²) in [5.74, 6) is 0.243. The van der Waals surface area contributed by atoms with E-state index >= 15 is 0 Å². The lowest BCUT2D eigenvalue weighted by molar-refractivity contribution is -0.120. The number of aliphatic hydroxyl groups is 1. The second-order valence-corrected chi connectivity index (χ2v) is 8.93. The third kappa shape index (κ3) is 14.1. The van der Waals surface area contributed by atoms with Crippen LogP contribution in [0.2, 0.25) is 0 Å². The quantitative estimate of drug-likeness (QED) is 0.196. The average Bonchev–Trinajstić information content (AvgIpc) is 3.69. The molecule has 2 unspecified atom stereocenters. The van der Waals surface area contributed by atoms with Gasteiger partial charge in [-0.25, -0.2) is 0 Å². The highest BCUT2D eigenvalue weighted by Gasteiger charge is 2.27. The van der Waals surface area contributed by atoms with Crippen LogP contribution in [0.25, 0.3) is 0 Å². The van der Waals surface area contributed by atoms with Gasteiger partial charge in [-0.1, -0.05) is 66.7 Å². The topological polar surface area (TPSA) is 68.3 Å². The van der Waals surface area contributed by atoms with E-state index in [1.54, 1.807) is 6.08 Å². The van der Waals surface area contributed by atoms with Gasteiger partial charge in [0.2, 0.25) is 0 Å². The van der Waals surface area contributed by atoms with Crippen molar-refractivity contribution in [2.75, 3.05) is 19.8 Å². The van der Waals surface area contributed by atoms with Gasteiger partial charge >= 0.3 is 0 Å². The number of allylic oxidation sites excluding steroid dienone is 1. The number of hydrogen-bond acceptors (Lipinski definition) is 5. The van der Waals surface area contributed by atoms with Crippen LogP contribution in [0, 0.1) is 0 Å². The minimum atomic E-state index is -0.636. The zero-order valence-corrected chi connectivity index (χ0v) is 20.5. The molecule has 1 aliphatic heterocycles. The Morgan fingerprint density at radius 2 is 1.56 bits per heavy atom. The molecular formula is C29H40O5. The molecule has 0 radical (unpaired) electrons. The summed E-state index contributed by atoms with van der Waals surface area (Å²) in [4.78, 5) is 11.3. The van der Waals surface area contributed by atoms with Gasteiger partial charge in [-0.2, -0.15) is 0 Å². The lowest BCUT2D eigenvalue weighted by Gasteiger charge is -2.22. The van der Waals surface area contributed by atoms with Crippen molar-refractivity contribution in [3.05, 3.63) is 84.4 Å². The first-order valence-corrected chi connectivity index (χ1v) is 12.2. The molecule has 1 fully saturated rings. The van der Waals surface area contributed by atoms with Crippen LogP contribution < -0.4 is 0 Å². The molecule has 0 aliphatic carbocycles. The van der Waals surface area contributed by atoms with Crippen molar-refractivity contribution in [1.29, 1.82) is 0 Å². The molecule has 186 valence electrons. The summed E-state index contributed by atoms with van der Waals surface area (Å²) in [5, 5.41) is 10.2. The molecule has 34 heavy (non-hydrogen) atoms. The van der Waals surface area contributed by atoms with Crippen LogP contribution in [-0.2, 0) is 32.2 Å². The Hall–Kier alpha value is -2.31. The Labute approximate surface area is 204 Å². The van der Waals surface area contributed by atoms with E-state index in [-0.39, 0.29) is 5.78 Å². The minimum absolute atomic E-state index is 0.243. The number of benzene rings is 2. The predicted molar refractivity (Wildman–Crippen MR) is 135 cm³/mol. The number of carbonyl (C=O) groups is 1. The Kier molecular flexibility index (Phi) is 13.4. The summed E-state index contributed by atoms with van der Waals surface area (Å²) in [5.41, 5.74) is 1.67. The van der Waals surface area contributed by atoms with E-state index in [4.69, 9.17) is 14.2 Å². The lowest BCUT2D eigenvalue weighted by Crippen LogP contribution is -2.26. The number of ether oxygens (including phenoxy) is 3. The van der Waals surface area contributed by atoms with Gasteiger partial charge in [0, 0.05) is 19.4 Å². The number of rotatable bonds is 16. The maximum absolute atomic E-state index is 11.3. The second-order valence-electron chi connectivity index (χ2n) is 8.93. The van der Waals surface area contributed by atoms with E-state index in [0.717, 1.165) is 31.4 Å². The van der Waals surface area contributed by atoms with Crippen LogP contribution in [0.4, 0.5) is 0 Å². The SMILES string of the molecule is C=CCCC(=O)CCOCc1ccccc1.CC(O)(CCOCc1ccccc1)CCC1CO1. The van der Waals surface area contributed by atoms with Crippen LogP contribution in [0.1, 0.15) is 56.6 Å². The van der Waals surface area contributed by atoms with Gasteiger partial charge in [0.05, 0.1) is 38.1 Å². The van der Waals surface area contributed by atoms with E-state index in [9.17, 15) is 9.90 Å². The first-order valence-electron chi connectivity index (χ1n) is 12.2. The highest BCUT2D eigenvalue weighted by Crippen LogP contribution is 2.23. The Balaban J connectivity index is 0.000000242. The van der Waals surface area contributed by atoms with E-state index < -0.39 is 5.60 Å². The smallest absolute Gasteiger partial charge is 0.135 e. The summed E-state index contributed by atoms with van der Waals surface area (Å²) in [6, 6.07) is 20.1. The fourth-order valence-electron chi connectivity index (χ4n) is 3.23. The summed E-state index contributed by atoms with van der Waals surface area (Å²) >= 11 is 0. The van der Waals surface area contributed by atoms with Crippen molar-refractivity contribution in [3.8, 4) is 0 Å². The Bertz CT molecular complexity index is 800. The molecule has 5 nitrogen and oxygen atoms in total. The molecule has 2 aromatic rings. The molecule has 5 heteroatoms. The van der Waals surface area contributed by atoms with Crippen LogP contribution in [0.5, 0.6) is 0 Å². The van der Waals surface area contributed by atoms with E-state index in [1.807, 2.05) is 67.6 Å². The molecule has 0 amide bonds. The summed E-state index contributed by atoms with van der Waals surface area (Å²) in [7, 11) is 0. The van der Waals surface area contributed by atoms with Gasteiger partial charge in [-0.05, 0) is 43.7 Å². The van der Waals surface area contributed by atoms with Crippen molar-refractivity contribution < 1.29 is 24.1 Å². The Morgan fingerprint density at radius 1 is 1.00 bits per heavy atom. The van der Waals surface area contributed by atoms with Gasteiger partial charge in [0.1, 0.15) is 5.78 Å². The highest BCUT2D eigenvalue weighted by molar-refractivity contribution is 5.78. The zero-order chi connectivity index (χ0) is 24.5. The fraction of sp³-hybridized carbons (Fsp3) is 0.483. The number of carbonyl (C=O) groups excluding carboxylic acids is 1. The molecular weight excluding hydrogens is 428 g/mol. The molecule has 1 heterocycles. The molecule has 0 aromatic heterocycles. The Morgan fingerprint density at radius 3 is 2.09 bits per heavy atom. The molecule has 2 atom stereocenters. The van der Waals surface area contributed by atoms with E-state index in [1.165, 1.54) is 5.56 Å². The molecule has 3 rings (SSSR count). The molecule has 1 aliphatic rings. The summed E-state index contributed by atoms with van der Waals surface area (Å²) < 4.78 is 16.2. The van der Waals surface area contributed by atoms with Crippen LogP contribution in [0.15, 0.2) is 73.3 Å². The maximum Gasteiger partial charge on any atom is 0.135 e. The largest absolute Gasteiger partial charge is 0.390 e. The first kappa shape index (κ1) is 27.9. The number of hydrogen-bond donors (Lipinski definition) is 1. The molecule has 0 spiro atoms. The highest BCUT2D eigenvalue weighted by atomic mass is 16.6. The van der Waals surface area contributed by atoms with Gasteiger partial charge < -0.3 is 19.3 Å². The predicted octanol–water partition coefficient (Wildman–Crippen LogP) is 5.65. The summed E-state index contributed by atoms with van der Waals surface area (Å²) in [6.45, 7) is 8.61. The van der Waals surface area contributed by atoms with Crippen molar-refractivity contribution in [2.45, 2.75) is 70.4 Å². The molecule has 2 aromatic carbocycles. The van der Waals surface area contributed by atoms with Crippen LogP contribution in [0.3, 0.4) is 0 Å². The van der Waals surface area contributed by atoms with Crippen molar-refractivity contribution >= 4 is 5.78 Å². The van der Waals surface area contributed by atoms with Crippen molar-refractivity contribution in [1.82, 2.24) is 0 Å². The maximum atomic E-state index is 11.3. The van der Waals surface area contributed by atoms with Crippen LogP contribution in [-0.4, -0.2) is 42.4 Å². The summed E-state index contributed by atoms with van der Waals surface area (Å²) in [6.07, 6.45) is 6.41. The van der Waals surface area contributed by atoms with Crippen LogP contribution >= 0.6 is 0 Å². The molecule has 0 bridgehead atoms. The fourth-order valence-corrected chi connectivity index (χ4v) is 3.23. The normalized spacial score (nSPS) is 16.1. The third-order valence-corrected chi connectivity index (χ3v) is 5.57. The van der Waals surface area contributed by atoms with Gasteiger partial charge in [0.25, 0.3) is 0 Å². The monoisotopic (exact) mass is 468 g/mol. The average molecular weight is 469 g/mol. The molecule has 1 N–H and O–H groups in total. The lowest BCUT2D eigenvalue weighted by atomic mass is 9.96. The molecule has 0 saturated carbocycles. The second kappa shape index (κ2) is 16.3. The van der Waals surface area contributed by atoms with E-state index in [0.29, 0.717) is 51.8 Å². The number of ketones is 1. The van der Waals surface area contributed by atoms with Crippen molar-refractivity contribution in [2.24, 2.45) is 0 Å². The zero-order valence-electron chi connectivity index (χ0n) is 20.5. The van der Waals surface area contributed by atoms with E-state index in [2.05, 4.69) is 6.58 Å². The number of Topliss-reactive ketones (excluding diaryl/α,β-unsaturated/α-hetero) is 1.